The molecular formula is C24H25FN4O3. The van der Waals surface area contributed by atoms with E-state index in [0.29, 0.717) is 50.4 Å². The lowest BCUT2D eigenvalue weighted by atomic mass is 10.2. The van der Waals surface area contributed by atoms with Crippen molar-refractivity contribution in [2.24, 2.45) is 0 Å². The minimum Gasteiger partial charge on any atom is -0.452 e. The molecule has 2 heterocycles. The Labute approximate surface area is 186 Å². The van der Waals surface area contributed by atoms with E-state index in [1.54, 1.807) is 27.9 Å². The van der Waals surface area contributed by atoms with Gasteiger partial charge in [-0.05, 0) is 11.6 Å². The molecule has 0 unspecified atom stereocenters. The zero-order valence-electron chi connectivity index (χ0n) is 17.7. The normalized spacial score (nSPS) is 14.3. The number of rotatable bonds is 7. The van der Waals surface area contributed by atoms with Crippen molar-refractivity contribution in [1.82, 2.24) is 19.6 Å². The average Bonchev–Trinajstić information content (AvgIpc) is 3.28. The van der Waals surface area contributed by atoms with E-state index in [-0.39, 0.29) is 18.3 Å². The second-order valence-electron chi connectivity index (χ2n) is 7.74. The van der Waals surface area contributed by atoms with Crippen molar-refractivity contribution in [2.75, 3.05) is 32.8 Å². The quantitative estimate of drug-likeness (QED) is 0.533. The molecule has 1 aliphatic heterocycles. The number of amides is 1. The second-order valence-corrected chi connectivity index (χ2v) is 7.74. The van der Waals surface area contributed by atoms with Crippen LogP contribution in [0.15, 0.2) is 67.0 Å². The molecule has 2 aromatic carbocycles. The van der Waals surface area contributed by atoms with Crippen molar-refractivity contribution in [3.63, 3.8) is 0 Å². The molecule has 4 rings (SSSR count). The minimum atomic E-state index is -0.573. The molecule has 0 spiro atoms. The van der Waals surface area contributed by atoms with E-state index < -0.39 is 5.97 Å². The molecule has 1 aliphatic rings. The lowest BCUT2D eigenvalue weighted by Gasteiger charge is -2.34. The monoisotopic (exact) mass is 436 g/mol. The third-order valence-corrected chi connectivity index (χ3v) is 5.46. The molecule has 1 fully saturated rings. The van der Waals surface area contributed by atoms with Crippen LogP contribution in [0.25, 0.3) is 0 Å². The third-order valence-electron chi connectivity index (χ3n) is 5.46. The van der Waals surface area contributed by atoms with Gasteiger partial charge in [0.1, 0.15) is 5.82 Å². The molecule has 0 radical (unpaired) electrons. The fraction of sp³-hybridized carbons (Fsp3) is 0.292. The minimum absolute atomic E-state index is 0.218. The van der Waals surface area contributed by atoms with E-state index in [9.17, 15) is 14.0 Å². The lowest BCUT2D eigenvalue weighted by Crippen LogP contribution is -2.49. The molecule has 1 saturated heterocycles. The molecule has 1 amide bonds. The predicted octanol–water partition coefficient (Wildman–Crippen LogP) is 2.57. The Balaban J connectivity index is 1.21. The number of piperazine rings is 1. The summed E-state index contributed by atoms with van der Waals surface area (Å²) in [4.78, 5) is 28.5. The number of halogens is 1. The maximum atomic E-state index is 13.8. The SMILES string of the molecule is O=C(OCC(=O)N1CCN(Cc2ccccc2F)CC1)c1cnn(Cc2ccccc2)c1. The highest BCUT2D eigenvalue weighted by Crippen LogP contribution is 2.12. The molecule has 3 aromatic rings. The molecule has 0 aliphatic carbocycles. The Kier molecular flexibility index (Phi) is 6.91. The summed E-state index contributed by atoms with van der Waals surface area (Å²) in [5, 5.41) is 4.19. The standard InChI is InChI=1S/C24H25FN4O3/c25-22-9-5-4-8-20(22)16-27-10-12-28(13-11-27)23(30)18-32-24(31)21-14-26-29(17-21)15-19-6-2-1-3-7-19/h1-9,14,17H,10-13,15-16,18H2. The summed E-state index contributed by atoms with van der Waals surface area (Å²) in [5.41, 5.74) is 2.03. The van der Waals surface area contributed by atoms with Crippen molar-refractivity contribution in [1.29, 1.82) is 0 Å². The number of benzene rings is 2. The summed E-state index contributed by atoms with van der Waals surface area (Å²) < 4.78 is 20.7. The van der Waals surface area contributed by atoms with Crippen LogP contribution in [0.2, 0.25) is 0 Å². The van der Waals surface area contributed by atoms with E-state index in [4.69, 9.17) is 4.74 Å². The third kappa shape index (κ3) is 5.59. The maximum Gasteiger partial charge on any atom is 0.341 e. The first-order valence-corrected chi connectivity index (χ1v) is 10.6. The van der Waals surface area contributed by atoms with Crippen molar-refractivity contribution >= 4 is 11.9 Å². The van der Waals surface area contributed by atoms with Gasteiger partial charge in [-0.15, -0.1) is 0 Å². The molecule has 0 N–H and O–H groups in total. The Hall–Kier alpha value is -3.52. The van der Waals surface area contributed by atoms with Gasteiger partial charge in [-0.1, -0.05) is 48.5 Å². The molecule has 0 bridgehead atoms. The van der Waals surface area contributed by atoms with Crippen LogP contribution in [0.1, 0.15) is 21.5 Å². The molecule has 32 heavy (non-hydrogen) atoms. The van der Waals surface area contributed by atoms with E-state index in [1.807, 2.05) is 36.4 Å². The van der Waals surface area contributed by atoms with Crippen LogP contribution in [-0.2, 0) is 22.6 Å². The van der Waals surface area contributed by atoms with Gasteiger partial charge >= 0.3 is 5.97 Å². The van der Waals surface area contributed by atoms with Crippen LogP contribution in [-0.4, -0.2) is 64.2 Å². The van der Waals surface area contributed by atoms with Gasteiger partial charge in [-0.25, -0.2) is 9.18 Å². The summed E-state index contributed by atoms with van der Waals surface area (Å²) in [6, 6.07) is 16.5. The molecule has 0 saturated carbocycles. The fourth-order valence-corrected chi connectivity index (χ4v) is 3.65. The zero-order chi connectivity index (χ0) is 22.3. The summed E-state index contributed by atoms with van der Waals surface area (Å²) in [6.45, 7) is 3.05. The van der Waals surface area contributed by atoms with Crippen molar-refractivity contribution in [3.05, 3.63) is 89.5 Å². The topological polar surface area (TPSA) is 67.7 Å². The first-order chi connectivity index (χ1) is 15.6. The van der Waals surface area contributed by atoms with Gasteiger partial charge in [0.2, 0.25) is 0 Å². The van der Waals surface area contributed by atoms with Crippen LogP contribution in [0.3, 0.4) is 0 Å². The van der Waals surface area contributed by atoms with Crippen LogP contribution < -0.4 is 0 Å². The number of hydrogen-bond donors (Lipinski definition) is 0. The first kappa shape index (κ1) is 21.7. The Morgan fingerprint density at radius 3 is 2.41 bits per heavy atom. The summed E-state index contributed by atoms with van der Waals surface area (Å²) in [7, 11) is 0. The van der Waals surface area contributed by atoms with Crippen LogP contribution in [0.4, 0.5) is 4.39 Å². The van der Waals surface area contributed by atoms with Crippen molar-refractivity contribution < 1.29 is 18.7 Å². The Bertz CT molecular complexity index is 1060. The predicted molar refractivity (Wildman–Crippen MR) is 116 cm³/mol. The summed E-state index contributed by atoms with van der Waals surface area (Å²) in [6.07, 6.45) is 3.05. The molecule has 8 heteroatoms. The van der Waals surface area contributed by atoms with Crippen molar-refractivity contribution in [3.8, 4) is 0 Å². The van der Waals surface area contributed by atoms with Gasteiger partial charge < -0.3 is 9.64 Å². The maximum absolute atomic E-state index is 13.8. The van der Waals surface area contributed by atoms with Crippen LogP contribution in [0.5, 0.6) is 0 Å². The van der Waals surface area contributed by atoms with E-state index in [1.165, 1.54) is 12.3 Å². The highest BCUT2D eigenvalue weighted by Gasteiger charge is 2.23. The molecule has 166 valence electrons. The number of aromatic nitrogens is 2. The number of carbonyl (C=O) groups is 2. The van der Waals surface area contributed by atoms with Crippen molar-refractivity contribution in [2.45, 2.75) is 13.1 Å². The summed E-state index contributed by atoms with van der Waals surface area (Å²) in [5.74, 6) is -1.03. The number of hydrogen-bond acceptors (Lipinski definition) is 5. The van der Waals surface area contributed by atoms with Gasteiger partial charge in [-0.3, -0.25) is 14.4 Å². The lowest BCUT2D eigenvalue weighted by molar-refractivity contribution is -0.136. The highest BCUT2D eigenvalue weighted by atomic mass is 19.1. The molecular weight excluding hydrogens is 411 g/mol. The van der Waals surface area contributed by atoms with E-state index in [2.05, 4.69) is 10.00 Å². The fourth-order valence-electron chi connectivity index (χ4n) is 3.65. The number of ether oxygens (including phenoxy) is 1. The van der Waals surface area contributed by atoms with Gasteiger partial charge in [0.15, 0.2) is 6.61 Å². The van der Waals surface area contributed by atoms with E-state index >= 15 is 0 Å². The number of esters is 1. The Morgan fingerprint density at radius 2 is 1.66 bits per heavy atom. The largest absolute Gasteiger partial charge is 0.452 e. The van der Waals surface area contributed by atoms with Gasteiger partial charge in [0.25, 0.3) is 5.91 Å². The van der Waals surface area contributed by atoms with Crippen LogP contribution >= 0.6 is 0 Å². The number of carbonyl (C=O) groups excluding carboxylic acids is 2. The van der Waals surface area contributed by atoms with Gasteiger partial charge in [0, 0.05) is 44.5 Å². The van der Waals surface area contributed by atoms with E-state index in [0.717, 1.165) is 5.56 Å². The smallest absolute Gasteiger partial charge is 0.341 e. The molecule has 0 atom stereocenters. The van der Waals surface area contributed by atoms with Gasteiger partial charge in [0.05, 0.1) is 18.3 Å². The van der Waals surface area contributed by atoms with Crippen LogP contribution in [0, 0.1) is 5.82 Å². The zero-order valence-corrected chi connectivity index (χ0v) is 17.7. The summed E-state index contributed by atoms with van der Waals surface area (Å²) >= 11 is 0. The first-order valence-electron chi connectivity index (χ1n) is 10.6. The van der Waals surface area contributed by atoms with Gasteiger partial charge in [-0.2, -0.15) is 5.10 Å². The molecule has 7 nitrogen and oxygen atoms in total. The molecule has 1 aromatic heterocycles. The average molecular weight is 436 g/mol. The highest BCUT2D eigenvalue weighted by molar-refractivity contribution is 5.90. The second kappa shape index (κ2) is 10.2. The Morgan fingerprint density at radius 1 is 0.938 bits per heavy atom. The number of nitrogens with zero attached hydrogens (tertiary/aromatic N) is 4.